The van der Waals surface area contributed by atoms with Crippen molar-refractivity contribution in [2.75, 3.05) is 19.8 Å². The fourth-order valence-corrected chi connectivity index (χ4v) is 4.24. The Morgan fingerprint density at radius 1 is 1.16 bits per heavy atom. The third kappa shape index (κ3) is 10.4. The van der Waals surface area contributed by atoms with Crippen LogP contribution in [0.3, 0.4) is 0 Å². The van der Waals surface area contributed by atoms with Gasteiger partial charge in [0.05, 0.1) is 32.0 Å². The van der Waals surface area contributed by atoms with Crippen molar-refractivity contribution >= 4 is 14.3 Å². The minimum absolute atomic E-state index is 0.0404. The van der Waals surface area contributed by atoms with Gasteiger partial charge in [-0.25, -0.2) is 4.79 Å². The molecule has 180 valence electrons. The maximum Gasteiger partial charge on any atom is 0.330 e. The molecular weight excluding hydrogens is 412 g/mol. The number of unbranched alkanes of at least 4 members (excludes halogenated alkanes) is 2. The molecule has 7 heteroatoms. The predicted molar refractivity (Wildman–Crippen MR) is 126 cm³/mol. The Bertz CT molecular complexity index is 585. The van der Waals surface area contributed by atoms with E-state index in [0.29, 0.717) is 19.8 Å². The fraction of sp³-hybridized carbons (Fsp3) is 0.792. The molecule has 0 bridgehead atoms. The molecule has 1 N–H and O–H groups in total. The molecule has 1 aliphatic rings. The fourth-order valence-electron chi connectivity index (χ4n) is 3.05. The highest BCUT2D eigenvalue weighted by Gasteiger charge is 2.39. The van der Waals surface area contributed by atoms with Gasteiger partial charge in [0.25, 0.3) is 0 Å². The molecule has 2 atom stereocenters. The lowest BCUT2D eigenvalue weighted by molar-refractivity contribution is -0.137. The Morgan fingerprint density at radius 2 is 1.81 bits per heavy atom. The van der Waals surface area contributed by atoms with Crippen LogP contribution >= 0.6 is 0 Å². The molecule has 0 aliphatic carbocycles. The summed E-state index contributed by atoms with van der Waals surface area (Å²) in [6.07, 6.45) is 10.9. The van der Waals surface area contributed by atoms with Crippen molar-refractivity contribution in [1.29, 1.82) is 0 Å². The summed E-state index contributed by atoms with van der Waals surface area (Å²) >= 11 is 0. The third-order valence-electron chi connectivity index (χ3n) is 5.91. The number of ether oxygens (including phenoxy) is 3. The van der Waals surface area contributed by atoms with E-state index in [1.165, 1.54) is 6.08 Å². The quantitative estimate of drug-likeness (QED) is 0.136. The maximum absolute atomic E-state index is 11.8. The minimum Gasteiger partial charge on any atom is -0.463 e. The van der Waals surface area contributed by atoms with E-state index in [0.717, 1.165) is 32.1 Å². The predicted octanol–water partition coefficient (Wildman–Crippen LogP) is 5.13. The Balaban J connectivity index is 2.90. The molecule has 6 nitrogen and oxygen atoms in total. The summed E-state index contributed by atoms with van der Waals surface area (Å²) in [5.41, 5.74) is 0. The molecule has 0 radical (unpaired) electrons. The van der Waals surface area contributed by atoms with Crippen LogP contribution in [-0.4, -0.2) is 57.2 Å². The number of rotatable bonds is 13. The van der Waals surface area contributed by atoms with E-state index in [-0.39, 0.29) is 23.2 Å². The van der Waals surface area contributed by atoms with Crippen molar-refractivity contribution in [2.24, 2.45) is 0 Å². The van der Waals surface area contributed by atoms with Crippen molar-refractivity contribution in [2.45, 2.75) is 103 Å². The number of esters is 1. The van der Waals surface area contributed by atoms with Gasteiger partial charge in [0.2, 0.25) is 0 Å². The van der Waals surface area contributed by atoms with Gasteiger partial charge in [-0.05, 0) is 57.0 Å². The molecule has 0 amide bonds. The van der Waals surface area contributed by atoms with Gasteiger partial charge in [-0.1, -0.05) is 39.7 Å². The first kappa shape index (κ1) is 28.0. The second kappa shape index (κ2) is 12.9. The lowest BCUT2D eigenvalue weighted by Crippen LogP contribution is -2.43. The Hall–Kier alpha value is -0.993. The molecule has 1 aliphatic heterocycles. The zero-order chi connectivity index (χ0) is 23.5. The first-order chi connectivity index (χ1) is 14.4. The van der Waals surface area contributed by atoms with E-state index in [9.17, 15) is 9.90 Å². The largest absolute Gasteiger partial charge is 0.463 e. The Labute approximate surface area is 190 Å². The van der Waals surface area contributed by atoms with Gasteiger partial charge in [0, 0.05) is 12.5 Å². The van der Waals surface area contributed by atoms with E-state index >= 15 is 0 Å². The normalized spacial score (nSPS) is 19.2. The van der Waals surface area contributed by atoms with Crippen molar-refractivity contribution in [3.63, 3.8) is 0 Å². The van der Waals surface area contributed by atoms with E-state index < -0.39 is 14.1 Å². The van der Waals surface area contributed by atoms with Crippen LogP contribution < -0.4 is 0 Å². The van der Waals surface area contributed by atoms with Crippen LogP contribution in [0.4, 0.5) is 0 Å². The van der Waals surface area contributed by atoms with Gasteiger partial charge >= 0.3 is 5.97 Å². The molecular formula is C24H44O6Si. The molecule has 1 unspecified atom stereocenters. The highest BCUT2D eigenvalue weighted by molar-refractivity contribution is 6.74. The number of aliphatic hydroxyl groups is 1. The number of carbonyl (C=O) groups is 1. The highest BCUT2D eigenvalue weighted by atomic mass is 28.4. The third-order valence-corrected chi connectivity index (χ3v) is 10.4. The minimum atomic E-state index is -2.07. The van der Waals surface area contributed by atoms with Gasteiger partial charge in [-0.15, -0.1) is 0 Å². The van der Waals surface area contributed by atoms with Crippen LogP contribution in [0, 0.1) is 0 Å². The van der Waals surface area contributed by atoms with E-state index in [4.69, 9.17) is 18.6 Å². The van der Waals surface area contributed by atoms with Crippen molar-refractivity contribution in [3.8, 4) is 0 Å². The summed E-state index contributed by atoms with van der Waals surface area (Å²) in [6, 6.07) is 0. The van der Waals surface area contributed by atoms with Gasteiger partial charge in [-0.3, -0.25) is 0 Å². The molecule has 31 heavy (non-hydrogen) atoms. The number of carbonyl (C=O) groups excluding carboxylic acids is 1. The molecule has 1 heterocycles. The molecule has 0 aromatic carbocycles. The van der Waals surface area contributed by atoms with Crippen LogP contribution in [0.2, 0.25) is 18.1 Å². The van der Waals surface area contributed by atoms with E-state index in [2.05, 4.69) is 33.9 Å². The maximum atomic E-state index is 11.8. The molecule has 0 aromatic rings. The van der Waals surface area contributed by atoms with Crippen LogP contribution in [0.1, 0.15) is 66.7 Å². The van der Waals surface area contributed by atoms with Gasteiger partial charge in [0.15, 0.2) is 14.1 Å². The lowest BCUT2D eigenvalue weighted by atomic mass is 10.0. The zero-order valence-electron chi connectivity index (χ0n) is 20.6. The summed E-state index contributed by atoms with van der Waals surface area (Å²) in [5, 5.41) is 9.46. The summed E-state index contributed by atoms with van der Waals surface area (Å²) < 4.78 is 23.5. The van der Waals surface area contributed by atoms with E-state index in [1.54, 1.807) is 13.0 Å². The number of hydrogen-bond acceptors (Lipinski definition) is 6. The topological polar surface area (TPSA) is 74.2 Å². The molecule has 1 saturated heterocycles. The van der Waals surface area contributed by atoms with Crippen LogP contribution in [0.15, 0.2) is 24.3 Å². The summed E-state index contributed by atoms with van der Waals surface area (Å²) in [7, 11) is -2.07. The first-order valence-electron chi connectivity index (χ1n) is 11.6. The van der Waals surface area contributed by atoms with Gasteiger partial charge < -0.3 is 23.7 Å². The standard InChI is InChI=1S/C24H44O6Si/c1-8-27-22(26)14-13-21(30-31(6,7)23(3,4)5)15-17-24(28-18-19-29-24)16-11-9-10-12-20(2)25/h13-15,17,20-21,25H,8-12,16,18-19H2,1-7H3/b14-13+,17-15+/t20-,21?/m0/s1. The molecule has 1 rings (SSSR count). The van der Waals surface area contributed by atoms with Crippen LogP contribution in [-0.2, 0) is 23.4 Å². The second-order valence-corrected chi connectivity index (χ2v) is 14.5. The number of aliphatic hydroxyl groups excluding tert-OH is 1. The van der Waals surface area contributed by atoms with Crippen LogP contribution in [0.5, 0.6) is 0 Å². The summed E-state index contributed by atoms with van der Waals surface area (Å²) in [6.45, 7) is 16.0. The Kier molecular flexibility index (Phi) is 11.7. The Morgan fingerprint density at radius 3 is 2.35 bits per heavy atom. The zero-order valence-corrected chi connectivity index (χ0v) is 21.6. The van der Waals surface area contributed by atoms with Crippen LogP contribution in [0.25, 0.3) is 0 Å². The van der Waals surface area contributed by atoms with E-state index in [1.807, 2.05) is 19.1 Å². The monoisotopic (exact) mass is 456 g/mol. The van der Waals surface area contributed by atoms with Gasteiger partial charge in [0.1, 0.15) is 0 Å². The molecule has 1 fully saturated rings. The second-order valence-electron chi connectivity index (χ2n) is 9.77. The SMILES string of the molecule is CCOC(=O)/C=C/C(/C=C/C1(CCCCC[C@H](C)O)OCCO1)O[Si](C)(C)C(C)(C)C. The lowest BCUT2D eigenvalue weighted by Gasteiger charge is -2.38. The molecule has 0 aromatic heterocycles. The smallest absolute Gasteiger partial charge is 0.330 e. The highest BCUT2D eigenvalue weighted by Crippen LogP contribution is 2.38. The van der Waals surface area contributed by atoms with Crippen molar-refractivity contribution < 1.29 is 28.5 Å². The molecule has 0 spiro atoms. The average Bonchev–Trinajstić information content (AvgIpc) is 3.12. The first-order valence-corrected chi connectivity index (χ1v) is 14.5. The summed E-state index contributed by atoms with van der Waals surface area (Å²) in [5.74, 6) is -1.13. The average molecular weight is 457 g/mol. The number of hydrogen-bond donors (Lipinski definition) is 1. The summed E-state index contributed by atoms with van der Waals surface area (Å²) in [4.78, 5) is 11.8. The molecule has 0 saturated carbocycles. The van der Waals surface area contributed by atoms with Crippen molar-refractivity contribution in [1.82, 2.24) is 0 Å². The van der Waals surface area contributed by atoms with Gasteiger partial charge in [-0.2, -0.15) is 0 Å². The van der Waals surface area contributed by atoms with Crippen molar-refractivity contribution in [3.05, 3.63) is 24.3 Å².